The van der Waals surface area contributed by atoms with Crippen LogP contribution in [-0.4, -0.2) is 27.8 Å². The first-order valence-electron chi connectivity index (χ1n) is 6.30. The average molecular weight is 244 g/mol. The molecule has 2 aromatic rings. The molecule has 1 aliphatic rings. The van der Waals surface area contributed by atoms with Crippen molar-refractivity contribution in [2.75, 3.05) is 6.54 Å². The van der Waals surface area contributed by atoms with Gasteiger partial charge in [-0.3, -0.25) is 4.98 Å². The molecule has 0 atom stereocenters. The van der Waals surface area contributed by atoms with Crippen molar-refractivity contribution >= 4 is 0 Å². The summed E-state index contributed by atoms with van der Waals surface area (Å²) in [4.78, 5) is 4.22. The molecule has 0 aliphatic heterocycles. The van der Waals surface area contributed by atoms with Crippen molar-refractivity contribution in [2.24, 2.45) is 0 Å². The van der Waals surface area contributed by atoms with Crippen LogP contribution in [0.15, 0.2) is 22.7 Å². The lowest BCUT2D eigenvalue weighted by atomic mass is 10.2. The summed E-state index contributed by atoms with van der Waals surface area (Å²) in [5.74, 6) is 1.22. The molecule has 0 radical (unpaired) electrons. The van der Waals surface area contributed by atoms with Gasteiger partial charge in [0.1, 0.15) is 0 Å². The Balaban J connectivity index is 1.62. The number of nitrogens with zero attached hydrogens (tertiary/aromatic N) is 3. The second kappa shape index (κ2) is 4.86. The summed E-state index contributed by atoms with van der Waals surface area (Å²) in [5, 5.41) is 11.5. The van der Waals surface area contributed by atoms with Gasteiger partial charge in [-0.15, -0.1) is 10.2 Å². The maximum Gasteiger partial charge on any atom is 0.249 e. The van der Waals surface area contributed by atoms with Gasteiger partial charge < -0.3 is 9.73 Å². The van der Waals surface area contributed by atoms with E-state index in [9.17, 15) is 0 Å². The molecule has 0 saturated heterocycles. The molecule has 1 fully saturated rings. The summed E-state index contributed by atoms with van der Waals surface area (Å²) < 4.78 is 5.61. The molecule has 0 amide bonds. The van der Waals surface area contributed by atoms with Crippen molar-refractivity contribution in [3.05, 3.63) is 29.9 Å². The zero-order valence-corrected chi connectivity index (χ0v) is 10.4. The van der Waals surface area contributed by atoms with Gasteiger partial charge in [-0.1, -0.05) is 0 Å². The Morgan fingerprint density at radius 1 is 1.33 bits per heavy atom. The second-order valence-electron chi connectivity index (χ2n) is 4.67. The zero-order chi connectivity index (χ0) is 12.4. The maximum atomic E-state index is 5.61. The van der Waals surface area contributed by atoms with E-state index in [1.54, 1.807) is 6.20 Å². The van der Waals surface area contributed by atoms with E-state index in [4.69, 9.17) is 4.42 Å². The quantitative estimate of drug-likeness (QED) is 0.867. The molecule has 18 heavy (non-hydrogen) atoms. The number of hydrogen-bond donors (Lipinski definition) is 1. The summed E-state index contributed by atoms with van der Waals surface area (Å²) >= 11 is 0. The Hall–Kier alpha value is -1.75. The monoisotopic (exact) mass is 244 g/mol. The van der Waals surface area contributed by atoms with Crippen molar-refractivity contribution in [3.8, 4) is 11.5 Å². The molecule has 5 nitrogen and oxygen atoms in total. The molecule has 5 heteroatoms. The van der Waals surface area contributed by atoms with E-state index in [1.165, 1.54) is 12.8 Å². The van der Waals surface area contributed by atoms with Gasteiger partial charge in [0.15, 0.2) is 0 Å². The van der Waals surface area contributed by atoms with Gasteiger partial charge in [0.2, 0.25) is 11.8 Å². The summed E-state index contributed by atoms with van der Waals surface area (Å²) in [5.41, 5.74) is 1.85. The Morgan fingerprint density at radius 2 is 2.22 bits per heavy atom. The highest BCUT2D eigenvalue weighted by Gasteiger charge is 2.20. The van der Waals surface area contributed by atoms with Crippen LogP contribution in [0.1, 0.15) is 24.4 Å². The van der Waals surface area contributed by atoms with E-state index in [1.807, 2.05) is 19.1 Å². The smallest absolute Gasteiger partial charge is 0.249 e. The highest BCUT2D eigenvalue weighted by Crippen LogP contribution is 2.19. The third kappa shape index (κ3) is 2.73. The molecule has 0 spiro atoms. The normalized spacial score (nSPS) is 14.9. The van der Waals surface area contributed by atoms with Crippen LogP contribution in [0.2, 0.25) is 0 Å². The molecule has 0 bridgehead atoms. The molecule has 1 saturated carbocycles. The van der Waals surface area contributed by atoms with Gasteiger partial charge in [0.05, 0.1) is 5.56 Å². The fraction of sp³-hybridized carbons (Fsp3) is 0.462. The SMILES string of the molecule is Cc1ccc(-c2nnc(CCNC3CC3)o2)cn1. The average Bonchev–Trinajstić information content (AvgIpc) is 3.08. The number of rotatable bonds is 5. The van der Waals surface area contributed by atoms with Crippen LogP contribution in [0.3, 0.4) is 0 Å². The van der Waals surface area contributed by atoms with Crippen LogP contribution in [0.4, 0.5) is 0 Å². The topological polar surface area (TPSA) is 63.8 Å². The van der Waals surface area contributed by atoms with Gasteiger partial charge in [0.25, 0.3) is 0 Å². The number of aromatic nitrogens is 3. The van der Waals surface area contributed by atoms with E-state index in [2.05, 4.69) is 20.5 Å². The van der Waals surface area contributed by atoms with Gasteiger partial charge in [-0.25, -0.2) is 0 Å². The van der Waals surface area contributed by atoms with Crippen LogP contribution >= 0.6 is 0 Å². The standard InChI is InChI=1S/C13H16N4O/c1-9-2-3-10(8-15-9)13-17-16-12(18-13)6-7-14-11-4-5-11/h2-3,8,11,14H,4-7H2,1H3. The van der Waals surface area contributed by atoms with E-state index in [-0.39, 0.29) is 0 Å². The molecule has 2 heterocycles. The fourth-order valence-electron chi connectivity index (χ4n) is 1.74. The van der Waals surface area contributed by atoms with E-state index in [0.717, 1.165) is 24.2 Å². The fourth-order valence-corrected chi connectivity index (χ4v) is 1.74. The number of aryl methyl sites for hydroxylation is 1. The van der Waals surface area contributed by atoms with Gasteiger partial charge in [0, 0.05) is 30.9 Å². The van der Waals surface area contributed by atoms with Crippen molar-refractivity contribution < 1.29 is 4.42 Å². The molecule has 1 N–H and O–H groups in total. The van der Waals surface area contributed by atoms with Crippen molar-refractivity contribution in [2.45, 2.75) is 32.2 Å². The Labute approximate surface area is 106 Å². The van der Waals surface area contributed by atoms with Crippen LogP contribution in [0.5, 0.6) is 0 Å². The predicted octanol–water partition coefficient (Wildman–Crippen LogP) is 1.73. The van der Waals surface area contributed by atoms with Crippen molar-refractivity contribution in [3.63, 3.8) is 0 Å². The molecule has 0 aromatic carbocycles. The third-order valence-electron chi connectivity index (χ3n) is 2.97. The first-order chi connectivity index (χ1) is 8.81. The first-order valence-corrected chi connectivity index (χ1v) is 6.30. The molecule has 3 rings (SSSR count). The maximum absolute atomic E-state index is 5.61. The van der Waals surface area contributed by atoms with Crippen molar-refractivity contribution in [1.82, 2.24) is 20.5 Å². The Morgan fingerprint density at radius 3 is 2.94 bits per heavy atom. The summed E-state index contributed by atoms with van der Waals surface area (Å²) in [6.07, 6.45) is 5.13. The molecule has 2 aromatic heterocycles. The van der Waals surface area contributed by atoms with Crippen LogP contribution in [0.25, 0.3) is 11.5 Å². The molecular weight excluding hydrogens is 228 g/mol. The van der Waals surface area contributed by atoms with E-state index >= 15 is 0 Å². The third-order valence-corrected chi connectivity index (χ3v) is 2.97. The minimum atomic E-state index is 0.545. The minimum Gasteiger partial charge on any atom is -0.421 e. The lowest BCUT2D eigenvalue weighted by molar-refractivity contribution is 0.494. The van der Waals surface area contributed by atoms with Gasteiger partial charge >= 0.3 is 0 Å². The van der Waals surface area contributed by atoms with Gasteiger partial charge in [-0.05, 0) is 31.9 Å². The summed E-state index contributed by atoms with van der Waals surface area (Å²) in [6.45, 7) is 2.85. The van der Waals surface area contributed by atoms with Crippen molar-refractivity contribution in [1.29, 1.82) is 0 Å². The van der Waals surface area contributed by atoms with E-state index in [0.29, 0.717) is 17.8 Å². The zero-order valence-electron chi connectivity index (χ0n) is 10.4. The second-order valence-corrected chi connectivity index (χ2v) is 4.67. The largest absolute Gasteiger partial charge is 0.421 e. The minimum absolute atomic E-state index is 0.545. The lowest BCUT2D eigenvalue weighted by Crippen LogP contribution is -2.19. The van der Waals surface area contributed by atoms with Crippen LogP contribution < -0.4 is 5.32 Å². The summed E-state index contributed by atoms with van der Waals surface area (Å²) in [7, 11) is 0. The number of pyridine rings is 1. The van der Waals surface area contributed by atoms with Crippen LogP contribution in [0, 0.1) is 6.92 Å². The predicted molar refractivity (Wildman–Crippen MR) is 67.0 cm³/mol. The Bertz CT molecular complexity index is 516. The lowest BCUT2D eigenvalue weighted by Gasteiger charge is -1.98. The first kappa shape index (κ1) is 11.3. The molecule has 94 valence electrons. The van der Waals surface area contributed by atoms with E-state index < -0.39 is 0 Å². The Kier molecular flexibility index (Phi) is 3.06. The number of nitrogens with one attached hydrogen (secondary N) is 1. The van der Waals surface area contributed by atoms with Gasteiger partial charge in [-0.2, -0.15) is 0 Å². The highest BCUT2D eigenvalue weighted by molar-refractivity contribution is 5.50. The molecular formula is C13H16N4O. The molecule has 1 aliphatic carbocycles. The summed E-state index contributed by atoms with van der Waals surface area (Å²) in [6, 6.07) is 4.60. The van der Waals surface area contributed by atoms with Crippen LogP contribution in [-0.2, 0) is 6.42 Å². The number of hydrogen-bond acceptors (Lipinski definition) is 5. The molecule has 0 unspecified atom stereocenters. The highest BCUT2D eigenvalue weighted by atomic mass is 16.4.